The first-order chi connectivity index (χ1) is 12.2. The van der Waals surface area contributed by atoms with E-state index in [0.29, 0.717) is 24.9 Å². The number of hydrogen-bond donors (Lipinski definition) is 1. The van der Waals surface area contributed by atoms with Crippen molar-refractivity contribution in [2.24, 2.45) is 0 Å². The molecule has 0 unspecified atom stereocenters. The second-order valence-electron chi connectivity index (χ2n) is 7.30. The Hall–Kier alpha value is -1.66. The van der Waals surface area contributed by atoms with Crippen LogP contribution in [0.25, 0.3) is 0 Å². The van der Waals surface area contributed by atoms with Gasteiger partial charge in [-0.05, 0) is 25.0 Å². The van der Waals surface area contributed by atoms with E-state index < -0.39 is 0 Å². The van der Waals surface area contributed by atoms with Gasteiger partial charge in [-0.2, -0.15) is 0 Å². The van der Waals surface area contributed by atoms with E-state index in [1.807, 2.05) is 12.1 Å². The molecule has 1 aromatic heterocycles. The lowest BCUT2D eigenvalue weighted by Gasteiger charge is -2.38. The average molecular weight is 345 g/mol. The first-order valence-corrected chi connectivity index (χ1v) is 9.54. The third-order valence-electron chi connectivity index (χ3n) is 5.62. The van der Waals surface area contributed by atoms with E-state index >= 15 is 0 Å². The molecule has 3 heterocycles. The molecule has 2 saturated heterocycles. The van der Waals surface area contributed by atoms with Gasteiger partial charge in [-0.25, -0.2) is 0 Å². The van der Waals surface area contributed by atoms with Gasteiger partial charge in [0.15, 0.2) is 5.79 Å². The topological polar surface area (TPSA) is 63.7 Å². The summed E-state index contributed by atoms with van der Waals surface area (Å²) in [6.07, 6.45) is 9.31. The predicted molar refractivity (Wildman–Crippen MR) is 94.7 cm³/mol. The Morgan fingerprint density at radius 3 is 2.60 bits per heavy atom. The Kier molecular flexibility index (Phi) is 4.90. The van der Waals surface area contributed by atoms with Crippen molar-refractivity contribution >= 4 is 11.6 Å². The van der Waals surface area contributed by atoms with E-state index in [0.717, 1.165) is 44.5 Å². The molecule has 6 nitrogen and oxygen atoms in total. The highest BCUT2D eigenvalue weighted by Gasteiger charge is 2.39. The summed E-state index contributed by atoms with van der Waals surface area (Å²) in [6, 6.07) is 4.19. The number of nitrogens with zero attached hydrogens (tertiary/aromatic N) is 2. The molecule has 136 valence electrons. The number of aromatic nitrogens is 1. The number of nitrogens with one attached hydrogen (secondary N) is 1. The molecule has 1 spiro atoms. The molecule has 6 heteroatoms. The summed E-state index contributed by atoms with van der Waals surface area (Å²) in [5, 5.41) is 3.14. The van der Waals surface area contributed by atoms with Gasteiger partial charge in [0.2, 0.25) is 0 Å². The molecule has 0 bridgehead atoms. The molecular formula is C19H27N3O3. The normalized spacial score (nSPS) is 23.8. The minimum Gasteiger partial charge on any atom is -0.371 e. The van der Waals surface area contributed by atoms with Gasteiger partial charge < -0.3 is 19.7 Å². The molecule has 25 heavy (non-hydrogen) atoms. The molecule has 3 fully saturated rings. The molecule has 0 radical (unpaired) electrons. The Balaban J connectivity index is 1.38. The number of anilines is 1. The Labute approximate surface area is 148 Å². The maximum atomic E-state index is 12.5. The monoisotopic (exact) mass is 345 g/mol. The van der Waals surface area contributed by atoms with Crippen LogP contribution in [0.5, 0.6) is 0 Å². The van der Waals surface area contributed by atoms with Crippen molar-refractivity contribution < 1.29 is 14.3 Å². The number of carbonyl (C=O) groups is 1. The van der Waals surface area contributed by atoms with Crippen LogP contribution in [0.4, 0.5) is 5.69 Å². The lowest BCUT2D eigenvalue weighted by molar-refractivity contribution is -0.169. The molecule has 1 amide bonds. The molecule has 1 aliphatic carbocycles. The fourth-order valence-corrected chi connectivity index (χ4v) is 4.14. The Morgan fingerprint density at radius 2 is 1.88 bits per heavy atom. The third-order valence-corrected chi connectivity index (χ3v) is 5.62. The maximum Gasteiger partial charge on any atom is 0.270 e. The van der Waals surface area contributed by atoms with Crippen molar-refractivity contribution in [1.82, 2.24) is 10.3 Å². The molecule has 1 aromatic rings. The summed E-state index contributed by atoms with van der Waals surface area (Å²) in [7, 11) is 0. The van der Waals surface area contributed by atoms with E-state index in [9.17, 15) is 4.79 Å². The van der Waals surface area contributed by atoms with Gasteiger partial charge in [0.25, 0.3) is 5.91 Å². The number of carbonyl (C=O) groups excluding carboxylic acids is 1. The minimum absolute atomic E-state index is 0.0512. The van der Waals surface area contributed by atoms with Crippen LogP contribution in [0.1, 0.15) is 55.4 Å². The van der Waals surface area contributed by atoms with Crippen LogP contribution in [-0.4, -0.2) is 49.0 Å². The van der Waals surface area contributed by atoms with Gasteiger partial charge in [0.1, 0.15) is 5.69 Å². The third kappa shape index (κ3) is 3.80. The second-order valence-corrected chi connectivity index (χ2v) is 7.30. The zero-order chi connectivity index (χ0) is 17.1. The predicted octanol–water partition coefficient (Wildman–Crippen LogP) is 2.49. The minimum atomic E-state index is -0.370. The summed E-state index contributed by atoms with van der Waals surface area (Å²) in [6.45, 7) is 3.13. The average Bonchev–Trinajstić information content (AvgIpc) is 3.11. The van der Waals surface area contributed by atoms with Crippen LogP contribution in [0.3, 0.4) is 0 Å². The summed E-state index contributed by atoms with van der Waals surface area (Å²) >= 11 is 0. The Bertz CT molecular complexity index is 600. The number of piperidine rings is 1. The number of amides is 1. The zero-order valence-electron chi connectivity index (χ0n) is 14.7. The number of hydrogen-bond acceptors (Lipinski definition) is 5. The summed E-state index contributed by atoms with van der Waals surface area (Å²) in [5.74, 6) is -0.422. The number of rotatable bonds is 3. The first kappa shape index (κ1) is 16.8. The van der Waals surface area contributed by atoms with Crippen LogP contribution in [-0.2, 0) is 9.47 Å². The molecule has 1 N–H and O–H groups in total. The van der Waals surface area contributed by atoms with Crippen molar-refractivity contribution in [3.63, 3.8) is 0 Å². The zero-order valence-corrected chi connectivity index (χ0v) is 14.7. The first-order valence-electron chi connectivity index (χ1n) is 9.54. The van der Waals surface area contributed by atoms with Crippen LogP contribution < -0.4 is 10.2 Å². The largest absolute Gasteiger partial charge is 0.371 e. The molecule has 4 rings (SSSR count). The highest BCUT2D eigenvalue weighted by Crippen LogP contribution is 2.33. The van der Waals surface area contributed by atoms with Gasteiger partial charge in [-0.1, -0.05) is 19.3 Å². The molecule has 0 atom stereocenters. The molecule has 0 aromatic carbocycles. The maximum absolute atomic E-state index is 12.5. The highest BCUT2D eigenvalue weighted by atomic mass is 16.7. The standard InChI is InChI=1S/C19H27N3O3/c23-18(21-15-4-2-1-3-5-15)17-14-16(6-9-20-17)22-10-7-19(8-11-22)24-12-13-25-19/h6,9,14-15H,1-5,7-8,10-13H2,(H,21,23). The van der Waals surface area contributed by atoms with Crippen LogP contribution in [0, 0.1) is 0 Å². The van der Waals surface area contributed by atoms with Gasteiger partial charge in [0.05, 0.1) is 13.2 Å². The van der Waals surface area contributed by atoms with Gasteiger partial charge >= 0.3 is 0 Å². The van der Waals surface area contributed by atoms with E-state index in [1.54, 1.807) is 6.20 Å². The van der Waals surface area contributed by atoms with Crippen LogP contribution >= 0.6 is 0 Å². The quantitative estimate of drug-likeness (QED) is 0.912. The van der Waals surface area contributed by atoms with E-state index in [2.05, 4.69) is 15.2 Å². The molecule has 1 saturated carbocycles. The van der Waals surface area contributed by atoms with Crippen molar-refractivity contribution in [3.05, 3.63) is 24.0 Å². The van der Waals surface area contributed by atoms with Crippen LogP contribution in [0.2, 0.25) is 0 Å². The fraction of sp³-hybridized carbons (Fsp3) is 0.684. The number of pyridine rings is 1. The van der Waals surface area contributed by atoms with Gasteiger partial charge in [-0.3, -0.25) is 9.78 Å². The Morgan fingerprint density at radius 1 is 1.16 bits per heavy atom. The van der Waals surface area contributed by atoms with E-state index in [-0.39, 0.29) is 11.7 Å². The van der Waals surface area contributed by atoms with E-state index in [4.69, 9.17) is 9.47 Å². The van der Waals surface area contributed by atoms with Gasteiger partial charge in [-0.15, -0.1) is 0 Å². The summed E-state index contributed by atoms with van der Waals surface area (Å²) in [4.78, 5) is 19.1. The SMILES string of the molecule is O=C(NC1CCCCC1)c1cc(N2CCC3(CC2)OCCO3)ccn1. The summed E-state index contributed by atoms with van der Waals surface area (Å²) < 4.78 is 11.6. The lowest BCUT2D eigenvalue weighted by atomic mass is 9.95. The molecular weight excluding hydrogens is 318 g/mol. The van der Waals surface area contributed by atoms with Gasteiger partial charge in [0, 0.05) is 43.9 Å². The second kappa shape index (κ2) is 7.30. The lowest BCUT2D eigenvalue weighted by Crippen LogP contribution is -2.45. The molecule has 2 aliphatic heterocycles. The molecule has 3 aliphatic rings. The van der Waals surface area contributed by atoms with Crippen LogP contribution in [0.15, 0.2) is 18.3 Å². The summed E-state index contributed by atoms with van der Waals surface area (Å²) in [5.41, 5.74) is 1.56. The highest BCUT2D eigenvalue weighted by molar-refractivity contribution is 5.93. The fourth-order valence-electron chi connectivity index (χ4n) is 4.14. The van der Waals surface area contributed by atoms with Crippen molar-refractivity contribution in [1.29, 1.82) is 0 Å². The smallest absolute Gasteiger partial charge is 0.270 e. The van der Waals surface area contributed by atoms with Crippen molar-refractivity contribution in [3.8, 4) is 0 Å². The van der Waals surface area contributed by atoms with Crippen molar-refractivity contribution in [2.75, 3.05) is 31.2 Å². The number of ether oxygens (including phenoxy) is 2. The van der Waals surface area contributed by atoms with E-state index in [1.165, 1.54) is 19.3 Å². The van der Waals surface area contributed by atoms with Crippen molar-refractivity contribution in [2.45, 2.75) is 56.8 Å².